The summed E-state index contributed by atoms with van der Waals surface area (Å²) in [6, 6.07) is 13.3. The number of hydrogen-bond acceptors (Lipinski definition) is 3. The second kappa shape index (κ2) is 7.93. The minimum atomic E-state index is -0.188. The van der Waals surface area contributed by atoms with E-state index in [9.17, 15) is 0 Å². The smallest absolute Gasteiger partial charge is 0.118 e. The Hall–Kier alpha value is -1.29. The zero-order valence-corrected chi connectivity index (χ0v) is 11.6. The van der Waals surface area contributed by atoms with Crippen LogP contribution in [0.15, 0.2) is 48.7 Å². The molecule has 3 nitrogen and oxygen atoms in total. The molecule has 0 aliphatic rings. The van der Waals surface area contributed by atoms with E-state index in [2.05, 4.69) is 4.98 Å². The van der Waals surface area contributed by atoms with E-state index in [4.69, 9.17) is 10.5 Å². The SMILES string of the molecule is COc1ccc(C(N)c2ccccn2)cc1.Cl.Cl. The summed E-state index contributed by atoms with van der Waals surface area (Å²) in [5.74, 6) is 0.831. The van der Waals surface area contributed by atoms with Crippen molar-refractivity contribution in [2.24, 2.45) is 5.73 Å². The van der Waals surface area contributed by atoms with Crippen LogP contribution >= 0.6 is 24.8 Å². The molecule has 0 spiro atoms. The largest absolute Gasteiger partial charge is 0.497 e. The van der Waals surface area contributed by atoms with Crippen molar-refractivity contribution in [3.63, 3.8) is 0 Å². The van der Waals surface area contributed by atoms with Gasteiger partial charge in [0.2, 0.25) is 0 Å². The Morgan fingerprint density at radius 1 is 1.06 bits per heavy atom. The Labute approximate surface area is 119 Å². The van der Waals surface area contributed by atoms with E-state index in [1.807, 2.05) is 42.5 Å². The van der Waals surface area contributed by atoms with Crippen LogP contribution in [0.2, 0.25) is 0 Å². The number of nitrogens with two attached hydrogens (primary N) is 1. The maximum atomic E-state index is 6.10. The van der Waals surface area contributed by atoms with Gasteiger partial charge in [-0.15, -0.1) is 24.8 Å². The molecule has 0 aliphatic carbocycles. The third kappa shape index (κ3) is 3.88. The Kier molecular flexibility index (Phi) is 7.36. The van der Waals surface area contributed by atoms with Crippen molar-refractivity contribution < 1.29 is 4.74 Å². The van der Waals surface area contributed by atoms with Gasteiger partial charge in [0.05, 0.1) is 18.8 Å². The average molecular weight is 287 g/mol. The highest BCUT2D eigenvalue weighted by Gasteiger charge is 2.09. The minimum absolute atomic E-state index is 0. The van der Waals surface area contributed by atoms with Crippen LogP contribution in [0.25, 0.3) is 0 Å². The van der Waals surface area contributed by atoms with Gasteiger partial charge in [0.15, 0.2) is 0 Å². The standard InChI is InChI=1S/C13H14N2O.2ClH/c1-16-11-7-5-10(6-8-11)13(14)12-4-2-3-9-15-12;;/h2-9,13H,14H2,1H3;2*1H. The third-order valence-electron chi connectivity index (χ3n) is 2.48. The van der Waals surface area contributed by atoms with Crippen molar-refractivity contribution in [1.82, 2.24) is 4.98 Å². The number of rotatable bonds is 3. The number of pyridine rings is 1. The van der Waals surface area contributed by atoms with Gasteiger partial charge in [0, 0.05) is 6.20 Å². The lowest BCUT2D eigenvalue weighted by atomic mass is 10.0. The van der Waals surface area contributed by atoms with Gasteiger partial charge in [-0.3, -0.25) is 4.98 Å². The van der Waals surface area contributed by atoms with Gasteiger partial charge >= 0.3 is 0 Å². The number of halogens is 2. The molecule has 1 atom stereocenters. The Balaban J connectivity index is 0.00000144. The van der Waals surface area contributed by atoms with Gasteiger partial charge in [-0.25, -0.2) is 0 Å². The molecule has 0 aliphatic heterocycles. The van der Waals surface area contributed by atoms with Crippen molar-refractivity contribution >= 4 is 24.8 Å². The molecule has 0 radical (unpaired) electrons. The summed E-state index contributed by atoms with van der Waals surface area (Å²) in [7, 11) is 1.65. The van der Waals surface area contributed by atoms with Crippen molar-refractivity contribution in [1.29, 1.82) is 0 Å². The first-order valence-electron chi connectivity index (χ1n) is 5.11. The Morgan fingerprint density at radius 2 is 1.72 bits per heavy atom. The number of hydrogen-bond donors (Lipinski definition) is 1. The lowest BCUT2D eigenvalue weighted by molar-refractivity contribution is 0.414. The van der Waals surface area contributed by atoms with Gasteiger partial charge in [-0.1, -0.05) is 18.2 Å². The van der Waals surface area contributed by atoms with Crippen LogP contribution in [-0.2, 0) is 0 Å². The topological polar surface area (TPSA) is 48.1 Å². The molecule has 98 valence electrons. The molecule has 1 heterocycles. The first-order valence-corrected chi connectivity index (χ1v) is 5.11. The molecule has 1 aromatic carbocycles. The van der Waals surface area contributed by atoms with E-state index >= 15 is 0 Å². The van der Waals surface area contributed by atoms with Crippen LogP contribution in [0, 0.1) is 0 Å². The van der Waals surface area contributed by atoms with Crippen LogP contribution in [-0.4, -0.2) is 12.1 Å². The molecule has 0 saturated heterocycles. The third-order valence-corrected chi connectivity index (χ3v) is 2.48. The van der Waals surface area contributed by atoms with Crippen LogP contribution in [0.4, 0.5) is 0 Å². The van der Waals surface area contributed by atoms with Crippen LogP contribution in [0.5, 0.6) is 5.75 Å². The monoisotopic (exact) mass is 286 g/mol. The molecule has 0 amide bonds. The maximum Gasteiger partial charge on any atom is 0.118 e. The Morgan fingerprint density at radius 3 is 2.22 bits per heavy atom. The molecule has 0 saturated carbocycles. The van der Waals surface area contributed by atoms with Gasteiger partial charge < -0.3 is 10.5 Å². The van der Waals surface area contributed by atoms with E-state index < -0.39 is 0 Å². The molecule has 1 unspecified atom stereocenters. The molecule has 0 bridgehead atoms. The Bertz CT molecular complexity index is 448. The maximum absolute atomic E-state index is 6.10. The van der Waals surface area contributed by atoms with Gasteiger partial charge in [0.25, 0.3) is 0 Å². The molecular weight excluding hydrogens is 271 g/mol. The highest BCUT2D eigenvalue weighted by Crippen LogP contribution is 2.20. The van der Waals surface area contributed by atoms with Crippen LogP contribution in [0.3, 0.4) is 0 Å². The van der Waals surface area contributed by atoms with Gasteiger partial charge in [-0.05, 0) is 29.8 Å². The highest BCUT2D eigenvalue weighted by atomic mass is 35.5. The predicted molar refractivity (Wildman–Crippen MR) is 77.8 cm³/mol. The van der Waals surface area contributed by atoms with Crippen molar-refractivity contribution in [3.8, 4) is 5.75 Å². The minimum Gasteiger partial charge on any atom is -0.497 e. The average Bonchev–Trinajstić information content (AvgIpc) is 2.39. The summed E-state index contributed by atoms with van der Waals surface area (Å²) in [6.45, 7) is 0. The number of ether oxygens (including phenoxy) is 1. The van der Waals surface area contributed by atoms with Crippen molar-refractivity contribution in [2.45, 2.75) is 6.04 Å². The number of benzene rings is 1. The summed E-state index contributed by atoms with van der Waals surface area (Å²) in [5.41, 5.74) is 8.00. The molecule has 2 N–H and O–H groups in total. The molecule has 1 aromatic heterocycles. The summed E-state index contributed by atoms with van der Waals surface area (Å²) in [4.78, 5) is 4.24. The second-order valence-corrected chi connectivity index (χ2v) is 3.51. The van der Waals surface area contributed by atoms with E-state index in [-0.39, 0.29) is 30.9 Å². The lowest BCUT2D eigenvalue weighted by Crippen LogP contribution is -2.13. The molecular formula is C13H16Cl2N2O. The van der Waals surface area contributed by atoms with Crippen LogP contribution < -0.4 is 10.5 Å². The fourth-order valence-electron chi connectivity index (χ4n) is 1.54. The summed E-state index contributed by atoms with van der Waals surface area (Å²) < 4.78 is 5.10. The normalized spacial score (nSPS) is 10.8. The first kappa shape index (κ1) is 16.7. The molecule has 0 fully saturated rings. The highest BCUT2D eigenvalue weighted by molar-refractivity contribution is 5.85. The zero-order chi connectivity index (χ0) is 11.4. The van der Waals surface area contributed by atoms with Crippen molar-refractivity contribution in [3.05, 3.63) is 59.9 Å². The molecule has 5 heteroatoms. The van der Waals surface area contributed by atoms with Crippen LogP contribution in [0.1, 0.15) is 17.3 Å². The lowest BCUT2D eigenvalue weighted by Gasteiger charge is -2.11. The predicted octanol–water partition coefficient (Wildman–Crippen LogP) is 2.98. The summed E-state index contributed by atoms with van der Waals surface area (Å²) in [5, 5.41) is 0. The fourth-order valence-corrected chi connectivity index (χ4v) is 1.54. The van der Waals surface area contributed by atoms with E-state index in [1.54, 1.807) is 13.3 Å². The van der Waals surface area contributed by atoms with Crippen molar-refractivity contribution in [2.75, 3.05) is 7.11 Å². The van der Waals surface area contributed by atoms with Gasteiger partial charge in [0.1, 0.15) is 5.75 Å². The zero-order valence-electron chi connectivity index (χ0n) is 9.95. The van der Waals surface area contributed by atoms with Gasteiger partial charge in [-0.2, -0.15) is 0 Å². The molecule has 18 heavy (non-hydrogen) atoms. The van der Waals surface area contributed by atoms with E-state index in [0.717, 1.165) is 17.0 Å². The molecule has 2 aromatic rings. The second-order valence-electron chi connectivity index (χ2n) is 3.51. The summed E-state index contributed by atoms with van der Waals surface area (Å²) >= 11 is 0. The van der Waals surface area contributed by atoms with E-state index in [0.29, 0.717) is 0 Å². The number of methoxy groups -OCH3 is 1. The number of nitrogens with zero attached hydrogens (tertiary/aromatic N) is 1. The first-order chi connectivity index (χ1) is 7.81. The fraction of sp³-hybridized carbons (Fsp3) is 0.154. The van der Waals surface area contributed by atoms with E-state index in [1.165, 1.54) is 0 Å². The quantitative estimate of drug-likeness (QED) is 0.944. The molecule has 2 rings (SSSR count). The number of aromatic nitrogens is 1. The summed E-state index contributed by atoms with van der Waals surface area (Å²) in [6.07, 6.45) is 1.75.